The summed E-state index contributed by atoms with van der Waals surface area (Å²) in [4.78, 5) is 18.3. The zero-order valence-corrected chi connectivity index (χ0v) is 14.6. The molecule has 0 spiro atoms. The van der Waals surface area contributed by atoms with Crippen LogP contribution >= 0.6 is 0 Å². The summed E-state index contributed by atoms with van der Waals surface area (Å²) in [7, 11) is -1.72. The van der Waals surface area contributed by atoms with Crippen molar-refractivity contribution in [2.75, 3.05) is 39.9 Å². The Hall–Kier alpha value is -1.51. The van der Waals surface area contributed by atoms with Crippen LogP contribution in [0.4, 0.5) is 0 Å². The molecule has 3 heterocycles. The second-order valence-electron chi connectivity index (χ2n) is 6.30. The van der Waals surface area contributed by atoms with Crippen molar-refractivity contribution in [2.45, 2.75) is 18.1 Å². The molecule has 1 amide bonds. The second kappa shape index (κ2) is 7.16. The van der Waals surface area contributed by atoms with Crippen LogP contribution in [0.25, 0.3) is 0 Å². The molecule has 2 atom stereocenters. The van der Waals surface area contributed by atoms with Crippen molar-refractivity contribution in [3.8, 4) is 0 Å². The molecule has 1 aromatic heterocycles. The molecule has 2 aliphatic rings. The lowest BCUT2D eigenvalue weighted by atomic mass is 10.0. The Bertz CT molecular complexity index is 680. The molecular weight excluding hydrogens is 330 g/mol. The number of pyridine rings is 1. The molecule has 24 heavy (non-hydrogen) atoms. The Balaban J connectivity index is 1.69. The number of rotatable bonds is 4. The number of likely N-dealkylation sites (tertiary alicyclic amines) is 1. The van der Waals surface area contributed by atoms with Gasteiger partial charge in [-0.2, -0.15) is 4.31 Å². The van der Waals surface area contributed by atoms with Gasteiger partial charge in [0.05, 0.1) is 11.9 Å². The van der Waals surface area contributed by atoms with Crippen LogP contribution in [-0.2, 0) is 14.8 Å². The van der Waals surface area contributed by atoms with Crippen molar-refractivity contribution >= 4 is 15.9 Å². The summed E-state index contributed by atoms with van der Waals surface area (Å²) in [5, 5.41) is -0.385. The first-order valence-corrected chi connectivity index (χ1v) is 9.71. The molecule has 2 fully saturated rings. The van der Waals surface area contributed by atoms with Crippen molar-refractivity contribution in [1.29, 1.82) is 0 Å². The van der Waals surface area contributed by atoms with E-state index in [1.807, 2.05) is 0 Å². The fourth-order valence-electron chi connectivity index (χ4n) is 3.59. The van der Waals surface area contributed by atoms with Gasteiger partial charge < -0.3 is 9.64 Å². The molecular formula is C16H23N3O4S. The average Bonchev–Trinajstić information content (AvgIpc) is 2.74. The van der Waals surface area contributed by atoms with E-state index in [1.165, 1.54) is 0 Å². The van der Waals surface area contributed by atoms with E-state index >= 15 is 0 Å². The van der Waals surface area contributed by atoms with Crippen LogP contribution in [0.15, 0.2) is 24.5 Å². The maximum atomic E-state index is 12.7. The van der Waals surface area contributed by atoms with Crippen molar-refractivity contribution in [1.82, 2.24) is 14.2 Å². The van der Waals surface area contributed by atoms with Gasteiger partial charge in [-0.05, 0) is 30.9 Å². The zero-order valence-electron chi connectivity index (χ0n) is 13.8. The third-order valence-corrected chi connectivity index (χ3v) is 7.36. The lowest BCUT2D eigenvalue weighted by molar-refractivity contribution is 0.0758. The Kier molecular flexibility index (Phi) is 5.17. The number of ether oxygens (including phenoxy) is 1. The first kappa shape index (κ1) is 17.3. The molecule has 7 nitrogen and oxygen atoms in total. The Morgan fingerprint density at radius 3 is 2.71 bits per heavy atom. The van der Waals surface area contributed by atoms with E-state index in [1.54, 1.807) is 40.8 Å². The number of carbonyl (C=O) groups is 1. The molecule has 0 aromatic carbocycles. The summed E-state index contributed by atoms with van der Waals surface area (Å²) in [6.45, 7) is 2.42. The van der Waals surface area contributed by atoms with Gasteiger partial charge in [0.2, 0.25) is 10.0 Å². The van der Waals surface area contributed by atoms with E-state index in [9.17, 15) is 13.2 Å². The highest BCUT2D eigenvalue weighted by atomic mass is 32.2. The van der Waals surface area contributed by atoms with Crippen molar-refractivity contribution in [3.63, 3.8) is 0 Å². The van der Waals surface area contributed by atoms with E-state index in [0.717, 1.165) is 0 Å². The molecule has 0 aliphatic carbocycles. The number of nitrogens with zero attached hydrogens (tertiary/aromatic N) is 3. The predicted octanol–water partition coefficient (Wildman–Crippen LogP) is 0.594. The van der Waals surface area contributed by atoms with Gasteiger partial charge in [-0.1, -0.05) is 0 Å². The number of sulfonamides is 1. The van der Waals surface area contributed by atoms with Crippen LogP contribution in [0, 0.1) is 5.92 Å². The highest BCUT2D eigenvalue weighted by molar-refractivity contribution is 7.90. The van der Waals surface area contributed by atoms with E-state index in [-0.39, 0.29) is 17.1 Å². The third-order valence-electron chi connectivity index (χ3n) is 4.92. The number of hydrogen-bond acceptors (Lipinski definition) is 5. The second-order valence-corrected chi connectivity index (χ2v) is 8.45. The molecule has 0 bridgehead atoms. The van der Waals surface area contributed by atoms with Gasteiger partial charge in [0.1, 0.15) is 0 Å². The van der Waals surface area contributed by atoms with Crippen LogP contribution in [0.3, 0.4) is 0 Å². The molecule has 132 valence electrons. The molecule has 0 unspecified atom stereocenters. The van der Waals surface area contributed by atoms with E-state index in [0.29, 0.717) is 51.2 Å². The van der Waals surface area contributed by atoms with Crippen molar-refractivity contribution < 1.29 is 17.9 Å². The van der Waals surface area contributed by atoms with Crippen molar-refractivity contribution in [2.24, 2.45) is 5.92 Å². The quantitative estimate of drug-likeness (QED) is 0.792. The van der Waals surface area contributed by atoms with Gasteiger partial charge >= 0.3 is 0 Å². The van der Waals surface area contributed by atoms with Gasteiger partial charge in [0.25, 0.3) is 5.91 Å². The largest absolute Gasteiger partial charge is 0.383 e. The number of carbonyl (C=O) groups excluding carboxylic acids is 1. The van der Waals surface area contributed by atoms with Gasteiger partial charge in [-0.15, -0.1) is 0 Å². The fraction of sp³-hybridized carbons (Fsp3) is 0.625. The summed E-state index contributed by atoms with van der Waals surface area (Å²) in [5.41, 5.74) is 0.599. The highest BCUT2D eigenvalue weighted by Gasteiger charge is 2.46. The standard InChI is InChI=1S/C16H23N3O4S/c1-23-11-10-19-12-14-4-8-18(9-5-15(14)24(19,21)22)16(20)13-2-6-17-7-3-13/h2-3,6-7,14-15H,4-5,8-12H2,1H3/t14-,15-/m1/s1. The van der Waals surface area contributed by atoms with E-state index < -0.39 is 10.0 Å². The topological polar surface area (TPSA) is 79.8 Å². The van der Waals surface area contributed by atoms with Crippen LogP contribution in [0.5, 0.6) is 0 Å². The molecule has 0 radical (unpaired) electrons. The summed E-state index contributed by atoms with van der Waals surface area (Å²) in [5.74, 6) is 0.0353. The fourth-order valence-corrected chi connectivity index (χ4v) is 5.81. The number of methoxy groups -OCH3 is 1. The first-order chi connectivity index (χ1) is 11.5. The Morgan fingerprint density at radius 2 is 2.00 bits per heavy atom. The molecule has 2 saturated heterocycles. The van der Waals surface area contributed by atoms with Crippen molar-refractivity contribution in [3.05, 3.63) is 30.1 Å². The average molecular weight is 353 g/mol. The molecule has 1 aromatic rings. The van der Waals surface area contributed by atoms with Gasteiger partial charge in [-0.25, -0.2) is 8.42 Å². The molecule has 0 saturated carbocycles. The minimum Gasteiger partial charge on any atom is -0.383 e. The zero-order chi connectivity index (χ0) is 17.2. The van der Waals surface area contributed by atoms with Gasteiger partial charge in [0, 0.05) is 51.2 Å². The van der Waals surface area contributed by atoms with Crippen LogP contribution in [-0.4, -0.2) is 73.7 Å². The molecule has 8 heteroatoms. The van der Waals surface area contributed by atoms with Crippen LogP contribution < -0.4 is 0 Å². The number of hydrogen-bond donors (Lipinski definition) is 0. The lowest BCUT2D eigenvalue weighted by Gasteiger charge is -2.22. The molecule has 2 aliphatic heterocycles. The maximum absolute atomic E-state index is 12.7. The van der Waals surface area contributed by atoms with Crippen LogP contribution in [0.1, 0.15) is 23.2 Å². The molecule has 0 N–H and O–H groups in total. The SMILES string of the molecule is COCCN1C[C@H]2CCN(C(=O)c3ccncc3)CC[C@H]2S1(=O)=O. The Morgan fingerprint density at radius 1 is 1.29 bits per heavy atom. The smallest absolute Gasteiger partial charge is 0.253 e. The monoisotopic (exact) mass is 353 g/mol. The minimum atomic E-state index is -3.29. The van der Waals surface area contributed by atoms with Gasteiger partial charge in [0.15, 0.2) is 0 Å². The maximum Gasteiger partial charge on any atom is 0.253 e. The normalized spacial score (nSPS) is 26.8. The summed E-state index contributed by atoms with van der Waals surface area (Å²) < 4.78 is 31.9. The molecule has 3 rings (SSSR count). The predicted molar refractivity (Wildman–Crippen MR) is 89.0 cm³/mol. The third kappa shape index (κ3) is 3.31. The number of amides is 1. The highest BCUT2D eigenvalue weighted by Crippen LogP contribution is 2.34. The first-order valence-electron chi connectivity index (χ1n) is 8.21. The lowest BCUT2D eigenvalue weighted by Crippen LogP contribution is -2.35. The Labute approximate surface area is 142 Å². The van der Waals surface area contributed by atoms with Crippen LogP contribution in [0.2, 0.25) is 0 Å². The summed E-state index contributed by atoms with van der Waals surface area (Å²) >= 11 is 0. The van der Waals surface area contributed by atoms with E-state index in [4.69, 9.17) is 4.74 Å². The minimum absolute atomic E-state index is 0.0500. The summed E-state index contributed by atoms with van der Waals surface area (Å²) in [6, 6.07) is 3.38. The number of aromatic nitrogens is 1. The summed E-state index contributed by atoms with van der Waals surface area (Å²) in [6.07, 6.45) is 4.40. The van der Waals surface area contributed by atoms with Gasteiger partial charge in [-0.3, -0.25) is 9.78 Å². The van der Waals surface area contributed by atoms with E-state index in [2.05, 4.69) is 4.98 Å². The number of fused-ring (bicyclic) bond motifs is 1.